The molecule has 1 N–H and O–H groups in total. The maximum Gasteiger partial charge on any atom is 0.328 e. The SMILES string of the molecule is C.C.C.C.CCC(Cl)(CC(C)(C)c1ccc(O)cc1)C(=O)OC(c1ccccc1)(c1ccccc1)c1ccccc1. The summed E-state index contributed by atoms with van der Waals surface area (Å²) in [6, 6.07) is 36.5. The van der Waals surface area contributed by atoms with Gasteiger partial charge in [0.05, 0.1) is 0 Å². The maximum absolute atomic E-state index is 14.2. The summed E-state index contributed by atoms with van der Waals surface area (Å²) in [4.78, 5) is 12.9. The van der Waals surface area contributed by atoms with Crippen LogP contribution in [-0.4, -0.2) is 16.0 Å². The monoisotopic (exact) mass is 576 g/mol. The molecule has 0 aliphatic carbocycles. The van der Waals surface area contributed by atoms with E-state index >= 15 is 0 Å². The van der Waals surface area contributed by atoms with Gasteiger partial charge in [0.1, 0.15) is 10.6 Å². The average Bonchev–Trinajstić information content (AvgIpc) is 2.93. The van der Waals surface area contributed by atoms with Gasteiger partial charge in [-0.1, -0.05) is 154 Å². The second-order valence-corrected chi connectivity index (χ2v) is 10.8. The third-order valence-corrected chi connectivity index (χ3v) is 7.64. The van der Waals surface area contributed by atoms with Gasteiger partial charge in [-0.05, 0) is 36.0 Å². The first-order chi connectivity index (χ1) is 17.7. The highest BCUT2D eigenvalue weighted by atomic mass is 35.5. The van der Waals surface area contributed by atoms with Crippen LogP contribution in [0, 0.1) is 0 Å². The number of esters is 1. The van der Waals surface area contributed by atoms with Crippen LogP contribution in [0.2, 0.25) is 0 Å². The topological polar surface area (TPSA) is 46.5 Å². The fraction of sp³-hybridized carbons (Fsp3) is 0.324. The molecule has 1 unspecified atom stereocenters. The number of rotatable bonds is 9. The molecule has 0 heterocycles. The molecule has 0 amide bonds. The largest absolute Gasteiger partial charge is 0.508 e. The summed E-state index contributed by atoms with van der Waals surface area (Å²) in [5.74, 6) is -0.273. The number of aromatic hydroxyl groups is 1. The first-order valence-electron chi connectivity index (χ1n) is 12.6. The van der Waals surface area contributed by atoms with Crippen molar-refractivity contribution in [2.75, 3.05) is 0 Å². The van der Waals surface area contributed by atoms with Crippen molar-refractivity contribution in [1.29, 1.82) is 0 Å². The highest BCUT2D eigenvalue weighted by molar-refractivity contribution is 6.34. The molecule has 3 nitrogen and oxygen atoms in total. The molecule has 4 aromatic rings. The Hall–Kier alpha value is -3.56. The molecule has 0 saturated heterocycles. The van der Waals surface area contributed by atoms with E-state index in [-0.39, 0.29) is 35.5 Å². The van der Waals surface area contributed by atoms with Crippen LogP contribution in [0.25, 0.3) is 0 Å². The molecule has 41 heavy (non-hydrogen) atoms. The zero-order valence-corrected chi connectivity index (χ0v) is 22.3. The molecule has 0 saturated carbocycles. The van der Waals surface area contributed by atoms with Crippen LogP contribution in [0.5, 0.6) is 5.75 Å². The normalized spacial score (nSPS) is 12.2. The molecule has 0 radical (unpaired) electrons. The lowest BCUT2D eigenvalue weighted by molar-refractivity contribution is -0.157. The standard InChI is InChI=1S/C33H33ClO3.4CH4/c1-4-32(34,24-31(2,3)25-20-22-29(35)23-21-25)30(36)37-33(26-14-8-5-9-15-26,27-16-10-6-11-17-27)28-18-12-7-13-19-28;;;;/h5-23,35H,4,24H2,1-3H3;4*1H4. The first-order valence-corrected chi connectivity index (χ1v) is 13.0. The van der Waals surface area contributed by atoms with E-state index in [9.17, 15) is 9.90 Å². The first kappa shape index (κ1) is 37.4. The molecule has 0 fully saturated rings. The number of phenols is 1. The second kappa shape index (κ2) is 15.4. The van der Waals surface area contributed by atoms with Gasteiger partial charge >= 0.3 is 5.97 Å². The lowest BCUT2D eigenvalue weighted by Crippen LogP contribution is -2.45. The van der Waals surface area contributed by atoms with Gasteiger partial charge in [0.15, 0.2) is 5.60 Å². The van der Waals surface area contributed by atoms with Crippen molar-refractivity contribution in [2.45, 2.75) is 79.2 Å². The van der Waals surface area contributed by atoms with Crippen LogP contribution < -0.4 is 0 Å². The van der Waals surface area contributed by atoms with E-state index < -0.39 is 21.9 Å². The van der Waals surface area contributed by atoms with Crippen LogP contribution >= 0.6 is 11.6 Å². The van der Waals surface area contributed by atoms with Crippen LogP contribution in [0.15, 0.2) is 115 Å². The zero-order valence-electron chi connectivity index (χ0n) is 21.5. The van der Waals surface area contributed by atoms with E-state index in [0.29, 0.717) is 12.8 Å². The van der Waals surface area contributed by atoms with Crippen molar-refractivity contribution in [1.82, 2.24) is 0 Å². The third-order valence-electron chi connectivity index (χ3n) is 7.08. The van der Waals surface area contributed by atoms with Crippen LogP contribution in [-0.2, 0) is 20.5 Å². The average molecular weight is 577 g/mol. The molecule has 4 heteroatoms. The molecule has 4 aromatic carbocycles. The Morgan fingerprint density at radius 3 is 1.37 bits per heavy atom. The number of hydrogen-bond donors (Lipinski definition) is 1. The molecule has 0 bridgehead atoms. The number of halogens is 1. The van der Waals surface area contributed by atoms with Gasteiger partial charge in [-0.15, -0.1) is 11.6 Å². The smallest absolute Gasteiger partial charge is 0.328 e. The number of benzene rings is 4. The van der Waals surface area contributed by atoms with Gasteiger partial charge in [-0.2, -0.15) is 0 Å². The molecule has 222 valence electrons. The lowest BCUT2D eigenvalue weighted by atomic mass is 9.75. The minimum Gasteiger partial charge on any atom is -0.508 e. The van der Waals surface area contributed by atoms with Crippen molar-refractivity contribution in [3.05, 3.63) is 138 Å². The van der Waals surface area contributed by atoms with Gasteiger partial charge in [-0.25, -0.2) is 0 Å². The van der Waals surface area contributed by atoms with Gasteiger partial charge in [0, 0.05) is 16.7 Å². The van der Waals surface area contributed by atoms with Gasteiger partial charge in [-0.3, -0.25) is 4.79 Å². The van der Waals surface area contributed by atoms with Gasteiger partial charge in [0.25, 0.3) is 0 Å². The summed E-state index contributed by atoms with van der Waals surface area (Å²) < 4.78 is 6.64. The minimum atomic E-state index is -1.27. The molecule has 0 aromatic heterocycles. The second-order valence-electron chi connectivity index (χ2n) is 10.1. The summed E-state index contributed by atoms with van der Waals surface area (Å²) in [5, 5.41) is 9.74. The third kappa shape index (κ3) is 7.80. The summed E-state index contributed by atoms with van der Waals surface area (Å²) in [5.41, 5.74) is 1.88. The highest BCUT2D eigenvalue weighted by Gasteiger charge is 2.48. The molecular formula is C37H49ClO3. The number of carbonyl (C=O) groups is 1. The number of alkyl halides is 1. The van der Waals surface area contributed by atoms with Crippen molar-refractivity contribution in [2.24, 2.45) is 0 Å². The Bertz CT molecular complexity index is 1210. The van der Waals surface area contributed by atoms with E-state index in [1.165, 1.54) is 0 Å². The molecule has 4 rings (SSSR count). The van der Waals surface area contributed by atoms with E-state index in [1.807, 2.05) is 110 Å². The van der Waals surface area contributed by atoms with Gasteiger partial charge < -0.3 is 9.84 Å². The summed E-state index contributed by atoms with van der Waals surface area (Å²) in [6.45, 7) is 6.02. The van der Waals surface area contributed by atoms with E-state index in [1.54, 1.807) is 12.1 Å². The number of phenolic OH excluding ortho intramolecular Hbond substituents is 1. The summed E-state index contributed by atoms with van der Waals surface area (Å²) in [7, 11) is 0. The van der Waals surface area contributed by atoms with E-state index in [2.05, 4.69) is 13.8 Å². The van der Waals surface area contributed by atoms with Crippen LogP contribution in [0.4, 0.5) is 0 Å². The Morgan fingerprint density at radius 2 is 1.02 bits per heavy atom. The summed E-state index contributed by atoms with van der Waals surface area (Å²) in [6.07, 6.45) is 0.749. The van der Waals surface area contributed by atoms with Crippen molar-refractivity contribution in [3.63, 3.8) is 0 Å². The van der Waals surface area contributed by atoms with E-state index in [0.717, 1.165) is 22.3 Å². The minimum absolute atomic E-state index is 0. The fourth-order valence-electron chi connectivity index (χ4n) is 4.98. The number of hydrogen-bond acceptors (Lipinski definition) is 3. The molecule has 0 aliphatic rings. The highest BCUT2D eigenvalue weighted by Crippen LogP contribution is 2.45. The molecule has 1 atom stereocenters. The maximum atomic E-state index is 14.2. The molecule has 0 aliphatic heterocycles. The predicted molar refractivity (Wildman–Crippen MR) is 177 cm³/mol. The van der Waals surface area contributed by atoms with Crippen molar-refractivity contribution in [3.8, 4) is 5.75 Å². The quantitative estimate of drug-likeness (QED) is 0.122. The number of carbonyl (C=O) groups excluding carboxylic acids is 1. The Morgan fingerprint density at radius 1 is 0.659 bits per heavy atom. The van der Waals surface area contributed by atoms with E-state index in [4.69, 9.17) is 16.3 Å². The van der Waals surface area contributed by atoms with Gasteiger partial charge in [0.2, 0.25) is 0 Å². The summed E-state index contributed by atoms with van der Waals surface area (Å²) >= 11 is 7.18. The zero-order chi connectivity index (χ0) is 26.5. The van der Waals surface area contributed by atoms with Crippen LogP contribution in [0.3, 0.4) is 0 Å². The molecule has 0 spiro atoms. The Kier molecular flexibility index (Phi) is 14.1. The predicted octanol–water partition coefficient (Wildman–Crippen LogP) is 10.5. The van der Waals surface area contributed by atoms with Crippen molar-refractivity contribution < 1.29 is 14.6 Å². The van der Waals surface area contributed by atoms with Crippen LogP contribution in [0.1, 0.15) is 85.6 Å². The lowest BCUT2D eigenvalue weighted by Gasteiger charge is -2.40. The fourth-order valence-corrected chi connectivity index (χ4v) is 5.36. The molecular weight excluding hydrogens is 528 g/mol. The number of ether oxygens (including phenoxy) is 1. The Balaban J connectivity index is 0.00000400. The van der Waals surface area contributed by atoms with Crippen molar-refractivity contribution >= 4 is 17.6 Å². The Labute approximate surface area is 254 Å².